The van der Waals surface area contributed by atoms with Crippen molar-refractivity contribution in [2.24, 2.45) is 0 Å². The van der Waals surface area contributed by atoms with Gasteiger partial charge in [-0.1, -0.05) is 0 Å². The van der Waals surface area contributed by atoms with E-state index >= 15 is 0 Å². The quantitative estimate of drug-likeness (QED) is 0.813. The van der Waals surface area contributed by atoms with Crippen molar-refractivity contribution in [1.82, 2.24) is 19.9 Å². The first-order chi connectivity index (χ1) is 8.36. The smallest absolute Gasteiger partial charge is 0.228 e. The van der Waals surface area contributed by atoms with Gasteiger partial charge in [0.2, 0.25) is 11.2 Å². The van der Waals surface area contributed by atoms with Crippen molar-refractivity contribution in [3.05, 3.63) is 11.6 Å². The van der Waals surface area contributed by atoms with Gasteiger partial charge in [0, 0.05) is 11.9 Å². The molecule has 102 valence electrons. The summed E-state index contributed by atoms with van der Waals surface area (Å²) in [7, 11) is 0. The summed E-state index contributed by atoms with van der Waals surface area (Å²) in [5.41, 5.74) is -0.262. The van der Waals surface area contributed by atoms with Gasteiger partial charge in [0.1, 0.15) is 6.33 Å². The molecule has 1 aromatic heterocycles. The third-order valence-electron chi connectivity index (χ3n) is 2.57. The Kier molecular flexibility index (Phi) is 5.62. The van der Waals surface area contributed by atoms with Crippen LogP contribution in [0.1, 0.15) is 27.7 Å². The second-order valence-corrected chi connectivity index (χ2v) is 5.92. The van der Waals surface area contributed by atoms with Crippen molar-refractivity contribution in [1.29, 1.82) is 0 Å². The third-order valence-corrected chi connectivity index (χ3v) is 3.29. The Morgan fingerprint density at radius 1 is 1.44 bits per heavy atom. The van der Waals surface area contributed by atoms with Crippen LogP contribution < -0.4 is 5.32 Å². The summed E-state index contributed by atoms with van der Waals surface area (Å²) in [4.78, 5) is 14.2. The summed E-state index contributed by atoms with van der Waals surface area (Å²) in [6.07, 6.45) is 3.49. The number of thioether (sulfide) groups is 1. The second kappa shape index (κ2) is 6.54. The highest BCUT2D eigenvalue weighted by Crippen LogP contribution is 2.21. The summed E-state index contributed by atoms with van der Waals surface area (Å²) < 4.78 is 0. The largest absolute Gasteiger partial charge is 0.336 e. The highest BCUT2D eigenvalue weighted by atomic mass is 35.5. The van der Waals surface area contributed by atoms with E-state index in [0.717, 1.165) is 5.88 Å². The molecule has 0 aliphatic heterocycles. The fourth-order valence-electron chi connectivity index (χ4n) is 1.78. The molecule has 7 heteroatoms. The van der Waals surface area contributed by atoms with Crippen LogP contribution in [0.5, 0.6) is 0 Å². The molecule has 1 N–H and O–H groups in total. The maximum Gasteiger partial charge on any atom is 0.228 e. The lowest BCUT2D eigenvalue weighted by molar-refractivity contribution is 0.134. The van der Waals surface area contributed by atoms with E-state index in [2.05, 4.69) is 59.1 Å². The SMILES string of the molecule is CSCN(C(C)C)C(C)(C)Nc1ncnc(Cl)n1. The van der Waals surface area contributed by atoms with Crippen LogP contribution in [-0.2, 0) is 0 Å². The highest BCUT2D eigenvalue weighted by molar-refractivity contribution is 7.98. The molecule has 1 rings (SSSR count). The zero-order chi connectivity index (χ0) is 13.8. The van der Waals surface area contributed by atoms with Crippen molar-refractivity contribution < 1.29 is 0 Å². The van der Waals surface area contributed by atoms with Crippen LogP contribution in [0.4, 0.5) is 5.95 Å². The van der Waals surface area contributed by atoms with E-state index in [1.807, 2.05) is 0 Å². The molecule has 0 spiro atoms. The molecule has 0 aromatic carbocycles. The van der Waals surface area contributed by atoms with Gasteiger partial charge >= 0.3 is 0 Å². The fraction of sp³-hybridized carbons (Fsp3) is 0.727. The molecular weight excluding hydrogens is 270 g/mol. The lowest BCUT2D eigenvalue weighted by atomic mass is 10.1. The summed E-state index contributed by atoms with van der Waals surface area (Å²) >= 11 is 7.54. The molecule has 1 aromatic rings. The molecule has 0 fully saturated rings. The molecular formula is C11H20ClN5S. The fourth-order valence-corrected chi connectivity index (χ4v) is 2.80. The number of aromatic nitrogens is 3. The van der Waals surface area contributed by atoms with Gasteiger partial charge in [0.05, 0.1) is 5.66 Å². The van der Waals surface area contributed by atoms with Crippen LogP contribution in [0.3, 0.4) is 0 Å². The zero-order valence-corrected chi connectivity index (χ0v) is 13.0. The molecule has 0 saturated carbocycles. The molecule has 0 atom stereocenters. The molecule has 0 bridgehead atoms. The third kappa shape index (κ3) is 4.26. The van der Waals surface area contributed by atoms with Crippen LogP contribution in [0.15, 0.2) is 6.33 Å². The van der Waals surface area contributed by atoms with Gasteiger partial charge in [-0.15, -0.1) is 11.8 Å². The first-order valence-corrected chi connectivity index (χ1v) is 7.52. The number of nitrogens with zero attached hydrogens (tertiary/aromatic N) is 4. The Bertz CT molecular complexity index is 385. The van der Waals surface area contributed by atoms with Gasteiger partial charge in [-0.2, -0.15) is 4.98 Å². The standard InChI is InChI=1S/C11H20ClN5S/c1-8(2)17(7-18-5)11(3,4)16-10-14-6-13-9(12)15-10/h6,8H,7H2,1-5H3,(H,13,14,15,16). The maximum atomic E-state index is 5.76. The van der Waals surface area contributed by atoms with Gasteiger partial charge in [-0.25, -0.2) is 9.97 Å². The van der Waals surface area contributed by atoms with E-state index < -0.39 is 0 Å². The molecule has 0 radical (unpaired) electrons. The van der Waals surface area contributed by atoms with Crippen LogP contribution in [-0.4, -0.2) is 43.7 Å². The van der Waals surface area contributed by atoms with Gasteiger partial charge < -0.3 is 5.32 Å². The molecule has 0 amide bonds. The Morgan fingerprint density at radius 2 is 2.11 bits per heavy atom. The predicted molar refractivity (Wildman–Crippen MR) is 77.9 cm³/mol. The molecule has 0 aliphatic rings. The number of anilines is 1. The average molecular weight is 290 g/mol. The normalized spacial score (nSPS) is 12.2. The Balaban J connectivity index is 2.84. The predicted octanol–water partition coefficient (Wildman–Crippen LogP) is 2.70. The van der Waals surface area contributed by atoms with Gasteiger partial charge in [-0.05, 0) is 45.6 Å². The molecule has 0 saturated heterocycles. The topological polar surface area (TPSA) is 53.9 Å². The van der Waals surface area contributed by atoms with Gasteiger partial charge in [0.15, 0.2) is 0 Å². The van der Waals surface area contributed by atoms with Crippen molar-refractivity contribution in [2.45, 2.75) is 39.4 Å². The van der Waals surface area contributed by atoms with Crippen LogP contribution in [0.25, 0.3) is 0 Å². The Labute approximate surface area is 118 Å². The minimum Gasteiger partial charge on any atom is -0.336 e. The van der Waals surface area contributed by atoms with Gasteiger partial charge in [0.25, 0.3) is 0 Å². The van der Waals surface area contributed by atoms with E-state index in [4.69, 9.17) is 11.6 Å². The van der Waals surface area contributed by atoms with E-state index in [9.17, 15) is 0 Å². The van der Waals surface area contributed by atoms with Gasteiger partial charge in [-0.3, -0.25) is 4.90 Å². The number of hydrogen-bond donors (Lipinski definition) is 1. The van der Waals surface area contributed by atoms with Crippen LogP contribution in [0.2, 0.25) is 5.28 Å². The summed E-state index contributed by atoms with van der Waals surface area (Å²) in [6, 6.07) is 0.414. The van der Waals surface area contributed by atoms with Crippen LogP contribution in [0, 0.1) is 0 Å². The lowest BCUT2D eigenvalue weighted by Crippen LogP contribution is -2.53. The van der Waals surface area contributed by atoms with E-state index in [0.29, 0.717) is 12.0 Å². The van der Waals surface area contributed by atoms with E-state index in [1.165, 1.54) is 6.33 Å². The average Bonchev–Trinajstić information content (AvgIpc) is 2.24. The zero-order valence-electron chi connectivity index (χ0n) is 11.4. The van der Waals surface area contributed by atoms with Crippen molar-refractivity contribution in [3.63, 3.8) is 0 Å². The summed E-state index contributed by atoms with van der Waals surface area (Å²) in [5, 5.41) is 3.49. The number of nitrogens with one attached hydrogen (secondary N) is 1. The van der Waals surface area contributed by atoms with Crippen LogP contribution >= 0.6 is 23.4 Å². The number of hydrogen-bond acceptors (Lipinski definition) is 6. The molecule has 5 nitrogen and oxygen atoms in total. The van der Waals surface area contributed by atoms with E-state index in [-0.39, 0.29) is 10.9 Å². The number of rotatable bonds is 6. The number of halogens is 1. The van der Waals surface area contributed by atoms with Crippen molar-refractivity contribution in [2.75, 3.05) is 17.4 Å². The minimum absolute atomic E-state index is 0.198. The second-order valence-electron chi connectivity index (χ2n) is 4.74. The monoisotopic (exact) mass is 289 g/mol. The maximum absolute atomic E-state index is 5.76. The Hall–Kier alpha value is -0.590. The van der Waals surface area contributed by atoms with E-state index in [1.54, 1.807) is 11.8 Å². The minimum atomic E-state index is -0.262. The van der Waals surface area contributed by atoms with Crippen molar-refractivity contribution >= 4 is 29.3 Å². The first-order valence-electron chi connectivity index (χ1n) is 5.75. The summed E-state index contributed by atoms with van der Waals surface area (Å²) in [5.74, 6) is 1.42. The lowest BCUT2D eigenvalue weighted by Gasteiger charge is -2.41. The molecule has 0 unspecified atom stereocenters. The molecule has 1 heterocycles. The summed E-state index contributed by atoms with van der Waals surface area (Å²) in [6.45, 7) is 8.53. The molecule has 18 heavy (non-hydrogen) atoms. The molecule has 0 aliphatic carbocycles. The highest BCUT2D eigenvalue weighted by Gasteiger charge is 2.29. The Morgan fingerprint density at radius 3 is 2.61 bits per heavy atom. The van der Waals surface area contributed by atoms with Crippen molar-refractivity contribution in [3.8, 4) is 0 Å². The first kappa shape index (κ1) is 15.5.